The molecule has 0 unspecified atom stereocenters. The number of alkyl halides is 2. The number of hydrogen-bond donors (Lipinski definition) is 2. The Kier molecular flexibility index (Phi) is 15.1. The Morgan fingerprint density at radius 2 is 1.41 bits per heavy atom. The molecule has 1 fully saturated rings. The van der Waals surface area contributed by atoms with E-state index in [4.69, 9.17) is 51.6 Å². The highest BCUT2D eigenvalue weighted by molar-refractivity contribution is 6.54. The maximum atomic E-state index is 13.7. The number of anilines is 2. The Bertz CT molecular complexity index is 2480. The maximum absolute atomic E-state index is 13.7. The fourth-order valence-corrected chi connectivity index (χ4v) is 7.66. The first-order valence-corrected chi connectivity index (χ1v) is 21.0. The minimum Gasteiger partial charge on any atom is -0.497 e. The van der Waals surface area contributed by atoms with E-state index in [9.17, 15) is 19.5 Å². The summed E-state index contributed by atoms with van der Waals surface area (Å²) < 4.78 is 37.8. The van der Waals surface area contributed by atoms with Crippen LogP contribution >= 0.6 is 23.2 Å². The fraction of sp³-hybridized carbons (Fsp3) is 0.250. The van der Waals surface area contributed by atoms with Crippen molar-refractivity contribution >= 4 is 46.5 Å². The van der Waals surface area contributed by atoms with Crippen molar-refractivity contribution in [2.75, 3.05) is 44.9 Å². The van der Waals surface area contributed by atoms with Gasteiger partial charge in [-0.15, -0.1) is 0 Å². The first kappa shape index (κ1) is 45.9. The summed E-state index contributed by atoms with van der Waals surface area (Å²) in [7, 11) is 4.75. The molecule has 2 heterocycles. The molecule has 1 aliphatic heterocycles. The highest BCUT2D eigenvalue weighted by Crippen LogP contribution is 2.43. The Morgan fingerprint density at radius 3 is 1.97 bits per heavy atom. The van der Waals surface area contributed by atoms with Crippen LogP contribution < -0.4 is 25.4 Å². The molecule has 1 aliphatic rings. The van der Waals surface area contributed by atoms with Gasteiger partial charge in [0.25, 0.3) is 11.8 Å². The zero-order valence-electron chi connectivity index (χ0n) is 35.1. The lowest BCUT2D eigenvalue weighted by atomic mass is 9.80. The van der Waals surface area contributed by atoms with E-state index >= 15 is 0 Å². The zero-order chi connectivity index (χ0) is 45.2. The summed E-state index contributed by atoms with van der Waals surface area (Å²) in [5.74, 6) is 0.409. The van der Waals surface area contributed by atoms with Gasteiger partial charge in [-0.2, -0.15) is 4.98 Å². The van der Waals surface area contributed by atoms with E-state index in [1.54, 1.807) is 75.9 Å². The number of aliphatic hydroxyl groups is 1. The highest BCUT2D eigenvalue weighted by atomic mass is 35.5. The van der Waals surface area contributed by atoms with E-state index in [1.165, 1.54) is 21.7 Å². The quantitative estimate of drug-likeness (QED) is 0.0392. The van der Waals surface area contributed by atoms with Gasteiger partial charge >= 0.3 is 5.69 Å². The maximum Gasteiger partial charge on any atom is 0.351 e. The van der Waals surface area contributed by atoms with Gasteiger partial charge in [-0.25, -0.2) is 4.79 Å². The summed E-state index contributed by atoms with van der Waals surface area (Å²) in [6.07, 6.45) is -3.35. The Balaban J connectivity index is 1.16. The third kappa shape index (κ3) is 10.3. The van der Waals surface area contributed by atoms with Crippen LogP contribution in [0.3, 0.4) is 0 Å². The molecule has 332 valence electrons. The lowest BCUT2D eigenvalue weighted by molar-refractivity contribution is -0.144. The average Bonchev–Trinajstić information content (AvgIpc) is 3.64. The van der Waals surface area contributed by atoms with E-state index in [-0.39, 0.29) is 25.8 Å². The molecule has 1 saturated heterocycles. The summed E-state index contributed by atoms with van der Waals surface area (Å²) in [5, 5.41) is 14.7. The van der Waals surface area contributed by atoms with Crippen LogP contribution in [-0.4, -0.2) is 84.3 Å². The van der Waals surface area contributed by atoms with Crippen molar-refractivity contribution in [3.05, 3.63) is 184 Å². The van der Waals surface area contributed by atoms with Gasteiger partial charge in [-0.3, -0.25) is 14.2 Å². The molecule has 2 N–H and O–H groups in total. The van der Waals surface area contributed by atoms with Gasteiger partial charge in [0.2, 0.25) is 0 Å². The predicted octanol–water partition coefficient (Wildman–Crippen LogP) is 7.11. The fourth-order valence-electron chi connectivity index (χ4n) is 7.37. The molecule has 7 rings (SSSR count). The number of rotatable bonds is 18. The van der Waals surface area contributed by atoms with Gasteiger partial charge in [0.05, 0.1) is 27.4 Å². The standard InChI is InChI=1S/C48H46Cl2N4O10/c1-53(45(57)43(49)50)36-20-14-31(15-21-36)28-61-30-62-42-41(55)39(64-46(42)54-27-26-40(52-47(54)58)51-44(56)32-10-6-4-7-11-32)29-63-48(33-12-8-5-9-13-33,34-16-22-37(59-2)23-17-34)35-18-24-38(60-3)25-19-35/h4-27,39,41-43,46,55H,28-30H2,1-3H3,(H,51,52,56,58)/t39-,41-,42-,46-/m1/s1. The molecule has 4 atom stereocenters. The number of carbonyl (C=O) groups excluding carboxylic acids is 2. The van der Waals surface area contributed by atoms with Crippen molar-refractivity contribution in [1.82, 2.24) is 9.55 Å². The SMILES string of the molecule is COc1ccc(C(OC[C@H]2O[C@@H](n3ccc(NC(=O)c4ccccc4)nc3=O)[C@H](OCOCc3ccc(N(C)C(=O)C(Cl)Cl)cc3)[C@@H]2O)(c2ccccc2)c2ccc(OC)cc2)cc1. The van der Waals surface area contributed by atoms with Crippen LogP contribution in [-0.2, 0) is 35.9 Å². The van der Waals surface area contributed by atoms with Crippen LogP contribution in [0.1, 0.15) is 38.8 Å². The van der Waals surface area contributed by atoms with E-state index in [2.05, 4.69) is 10.3 Å². The predicted molar refractivity (Wildman–Crippen MR) is 241 cm³/mol. The minimum atomic E-state index is -1.35. The highest BCUT2D eigenvalue weighted by Gasteiger charge is 2.48. The first-order chi connectivity index (χ1) is 31.0. The average molecular weight is 910 g/mol. The third-order valence-corrected chi connectivity index (χ3v) is 11.2. The number of carbonyl (C=O) groups is 2. The molecule has 1 aromatic heterocycles. The topological polar surface area (TPSA) is 160 Å². The van der Waals surface area contributed by atoms with Gasteiger partial charge in [-0.1, -0.05) is 108 Å². The normalized spacial score (nSPS) is 17.2. The van der Waals surface area contributed by atoms with Crippen molar-refractivity contribution in [2.45, 2.75) is 41.6 Å². The first-order valence-electron chi connectivity index (χ1n) is 20.1. The van der Waals surface area contributed by atoms with Crippen molar-refractivity contribution in [2.24, 2.45) is 0 Å². The van der Waals surface area contributed by atoms with Crippen LogP contribution in [0.2, 0.25) is 0 Å². The molecule has 5 aromatic carbocycles. The van der Waals surface area contributed by atoms with Crippen LogP contribution in [0.15, 0.2) is 151 Å². The van der Waals surface area contributed by atoms with Crippen LogP contribution in [0.5, 0.6) is 11.5 Å². The van der Waals surface area contributed by atoms with Crippen molar-refractivity contribution in [3.63, 3.8) is 0 Å². The lowest BCUT2D eigenvalue weighted by Crippen LogP contribution is -2.41. The van der Waals surface area contributed by atoms with Crippen LogP contribution in [0, 0.1) is 0 Å². The van der Waals surface area contributed by atoms with Crippen molar-refractivity contribution in [1.29, 1.82) is 0 Å². The molecule has 64 heavy (non-hydrogen) atoms. The minimum absolute atomic E-state index is 0.0210. The number of nitrogens with zero attached hydrogens (tertiary/aromatic N) is 3. The number of ether oxygens (including phenoxy) is 6. The molecule has 0 aliphatic carbocycles. The number of nitrogens with one attached hydrogen (secondary N) is 1. The summed E-state index contributed by atoms with van der Waals surface area (Å²) >= 11 is 11.5. The smallest absolute Gasteiger partial charge is 0.351 e. The second kappa shape index (κ2) is 21.1. The van der Waals surface area contributed by atoms with Gasteiger partial charge < -0.3 is 43.7 Å². The summed E-state index contributed by atoms with van der Waals surface area (Å²) in [5.41, 5.74) is 2.02. The van der Waals surface area contributed by atoms with E-state index in [1.807, 2.05) is 78.9 Å². The molecule has 0 saturated carbocycles. The lowest BCUT2D eigenvalue weighted by Gasteiger charge is -2.37. The molecule has 14 nitrogen and oxygen atoms in total. The molecule has 6 aromatic rings. The zero-order valence-corrected chi connectivity index (χ0v) is 36.6. The van der Waals surface area contributed by atoms with E-state index < -0.39 is 52.5 Å². The monoisotopic (exact) mass is 908 g/mol. The number of aliphatic hydroxyl groups excluding tert-OH is 1. The number of benzene rings is 5. The van der Waals surface area contributed by atoms with Crippen molar-refractivity contribution < 1.29 is 43.1 Å². The molecular weight excluding hydrogens is 863 g/mol. The van der Waals surface area contributed by atoms with E-state index in [0.717, 1.165) is 22.3 Å². The number of hydrogen-bond acceptors (Lipinski definition) is 11. The number of aromatic nitrogens is 2. The third-order valence-electron chi connectivity index (χ3n) is 10.8. The second-order valence-corrected chi connectivity index (χ2v) is 15.8. The number of methoxy groups -OCH3 is 2. The molecule has 0 bridgehead atoms. The van der Waals surface area contributed by atoms with Crippen molar-refractivity contribution in [3.8, 4) is 11.5 Å². The van der Waals surface area contributed by atoms with Gasteiger partial charge in [0, 0.05) is 24.5 Å². The molecule has 0 radical (unpaired) electrons. The molecule has 16 heteroatoms. The summed E-state index contributed by atoms with van der Waals surface area (Å²) in [6.45, 7) is -0.391. The van der Waals surface area contributed by atoms with Gasteiger partial charge in [-0.05, 0) is 76.9 Å². The molecule has 2 amide bonds. The van der Waals surface area contributed by atoms with Crippen LogP contribution in [0.4, 0.5) is 11.5 Å². The van der Waals surface area contributed by atoms with Gasteiger partial charge in [0.1, 0.15) is 48.0 Å². The Morgan fingerprint density at radius 1 is 0.828 bits per heavy atom. The van der Waals surface area contributed by atoms with Crippen LogP contribution in [0.25, 0.3) is 0 Å². The largest absolute Gasteiger partial charge is 0.497 e. The number of halogens is 2. The summed E-state index contributed by atoms with van der Waals surface area (Å²) in [4.78, 5) is 43.1. The Hall–Kier alpha value is -6.10. The second-order valence-electron chi connectivity index (χ2n) is 14.7. The Labute approximate surface area is 379 Å². The molecule has 0 spiro atoms. The number of amides is 2. The van der Waals surface area contributed by atoms with Gasteiger partial charge in [0.15, 0.2) is 11.1 Å². The summed E-state index contributed by atoms with van der Waals surface area (Å²) in [6, 6.07) is 41.7. The van der Waals surface area contributed by atoms with E-state index in [0.29, 0.717) is 22.7 Å². The molecular formula is C48H46Cl2N4O10.